The standard InChI is InChI=1S/C17H32N2O/c1-3-4-5-14-6-8-15(9-7-14)17(20)19-16-10-13(2)11-18-12-16/h13-16,18H,3-12H2,1-2H3,(H,19,20). The molecule has 2 unspecified atom stereocenters. The Hall–Kier alpha value is -0.570. The third-order valence-electron chi connectivity index (χ3n) is 5.10. The Morgan fingerprint density at radius 1 is 1.20 bits per heavy atom. The fourth-order valence-electron chi connectivity index (χ4n) is 3.79. The van der Waals surface area contributed by atoms with Crippen LogP contribution in [0, 0.1) is 17.8 Å². The number of nitrogens with one attached hydrogen (secondary N) is 2. The largest absolute Gasteiger partial charge is 0.352 e. The summed E-state index contributed by atoms with van der Waals surface area (Å²) >= 11 is 0. The van der Waals surface area contributed by atoms with Crippen LogP contribution >= 0.6 is 0 Å². The zero-order valence-electron chi connectivity index (χ0n) is 13.3. The van der Waals surface area contributed by atoms with E-state index in [1.54, 1.807) is 0 Å². The lowest BCUT2D eigenvalue weighted by Gasteiger charge is -2.32. The summed E-state index contributed by atoms with van der Waals surface area (Å²) in [7, 11) is 0. The molecule has 2 atom stereocenters. The van der Waals surface area contributed by atoms with E-state index in [2.05, 4.69) is 24.5 Å². The molecular weight excluding hydrogens is 248 g/mol. The van der Waals surface area contributed by atoms with Gasteiger partial charge in [-0.1, -0.05) is 33.1 Å². The van der Waals surface area contributed by atoms with Crippen LogP contribution in [0.25, 0.3) is 0 Å². The van der Waals surface area contributed by atoms with Crippen LogP contribution in [0.3, 0.4) is 0 Å². The predicted molar refractivity (Wildman–Crippen MR) is 83.6 cm³/mol. The molecule has 2 rings (SSSR count). The van der Waals surface area contributed by atoms with E-state index in [1.807, 2.05) is 0 Å². The van der Waals surface area contributed by atoms with Gasteiger partial charge >= 0.3 is 0 Å². The molecule has 1 aliphatic carbocycles. The number of hydrogen-bond acceptors (Lipinski definition) is 2. The lowest BCUT2D eigenvalue weighted by molar-refractivity contribution is -0.127. The number of carbonyl (C=O) groups excluding carboxylic acids is 1. The summed E-state index contributed by atoms with van der Waals surface area (Å²) in [4.78, 5) is 12.4. The van der Waals surface area contributed by atoms with Crippen LogP contribution in [-0.4, -0.2) is 25.0 Å². The van der Waals surface area contributed by atoms with E-state index < -0.39 is 0 Å². The highest BCUT2D eigenvalue weighted by Crippen LogP contribution is 2.32. The Kier molecular flexibility index (Phi) is 6.34. The van der Waals surface area contributed by atoms with Crippen molar-refractivity contribution in [3.8, 4) is 0 Å². The number of unbranched alkanes of at least 4 members (excludes halogenated alkanes) is 1. The zero-order valence-corrected chi connectivity index (χ0v) is 13.3. The van der Waals surface area contributed by atoms with Gasteiger partial charge in [-0.2, -0.15) is 0 Å². The number of amides is 1. The Balaban J connectivity index is 1.69. The van der Waals surface area contributed by atoms with Crippen LogP contribution in [0.5, 0.6) is 0 Å². The third-order valence-corrected chi connectivity index (χ3v) is 5.10. The molecule has 0 radical (unpaired) electrons. The van der Waals surface area contributed by atoms with Gasteiger partial charge in [0.2, 0.25) is 5.91 Å². The molecular formula is C17H32N2O. The minimum Gasteiger partial charge on any atom is -0.352 e. The van der Waals surface area contributed by atoms with Gasteiger partial charge in [0.25, 0.3) is 0 Å². The van der Waals surface area contributed by atoms with Crippen molar-refractivity contribution >= 4 is 5.91 Å². The molecule has 0 aromatic heterocycles. The van der Waals surface area contributed by atoms with Crippen LogP contribution in [0.2, 0.25) is 0 Å². The smallest absolute Gasteiger partial charge is 0.223 e. The molecule has 3 nitrogen and oxygen atoms in total. The van der Waals surface area contributed by atoms with Crippen molar-refractivity contribution in [3.63, 3.8) is 0 Å². The topological polar surface area (TPSA) is 41.1 Å². The fraction of sp³-hybridized carbons (Fsp3) is 0.941. The molecule has 2 N–H and O–H groups in total. The summed E-state index contributed by atoms with van der Waals surface area (Å²) in [5, 5.41) is 6.68. The van der Waals surface area contributed by atoms with Crippen molar-refractivity contribution in [1.29, 1.82) is 0 Å². The number of rotatable bonds is 5. The summed E-state index contributed by atoms with van der Waals surface area (Å²) in [5.41, 5.74) is 0. The number of carbonyl (C=O) groups is 1. The van der Waals surface area contributed by atoms with Crippen molar-refractivity contribution < 1.29 is 4.79 Å². The molecule has 0 aromatic carbocycles. The van der Waals surface area contributed by atoms with E-state index in [9.17, 15) is 4.79 Å². The predicted octanol–water partition coefficient (Wildman–Crippen LogP) is 3.10. The van der Waals surface area contributed by atoms with Crippen LogP contribution in [0.4, 0.5) is 0 Å². The fourth-order valence-corrected chi connectivity index (χ4v) is 3.79. The highest BCUT2D eigenvalue weighted by Gasteiger charge is 2.28. The molecule has 1 aliphatic heterocycles. The minimum atomic E-state index is 0.283. The van der Waals surface area contributed by atoms with Crippen molar-refractivity contribution in [3.05, 3.63) is 0 Å². The lowest BCUT2D eigenvalue weighted by Crippen LogP contribution is -2.50. The van der Waals surface area contributed by atoms with Crippen LogP contribution in [-0.2, 0) is 4.79 Å². The Bertz CT molecular complexity index is 297. The molecule has 2 fully saturated rings. The van der Waals surface area contributed by atoms with Crippen LogP contribution in [0.15, 0.2) is 0 Å². The minimum absolute atomic E-state index is 0.283. The van der Waals surface area contributed by atoms with Gasteiger partial charge in [0.15, 0.2) is 0 Å². The highest BCUT2D eigenvalue weighted by atomic mass is 16.1. The lowest BCUT2D eigenvalue weighted by atomic mass is 9.79. The van der Waals surface area contributed by atoms with Gasteiger partial charge in [0, 0.05) is 18.5 Å². The molecule has 0 aromatic rings. The number of hydrogen-bond donors (Lipinski definition) is 2. The molecule has 20 heavy (non-hydrogen) atoms. The second-order valence-electron chi connectivity index (χ2n) is 7.06. The van der Waals surface area contributed by atoms with Gasteiger partial charge in [-0.3, -0.25) is 4.79 Å². The summed E-state index contributed by atoms with van der Waals surface area (Å²) in [6.07, 6.45) is 9.89. The first kappa shape index (κ1) is 15.8. The van der Waals surface area contributed by atoms with E-state index >= 15 is 0 Å². The first-order chi connectivity index (χ1) is 9.69. The van der Waals surface area contributed by atoms with Crippen molar-refractivity contribution in [2.45, 2.75) is 71.3 Å². The maximum Gasteiger partial charge on any atom is 0.223 e. The Morgan fingerprint density at radius 3 is 2.60 bits per heavy atom. The molecule has 1 saturated carbocycles. The summed E-state index contributed by atoms with van der Waals surface area (Å²) in [5.74, 6) is 2.17. The van der Waals surface area contributed by atoms with Crippen molar-refractivity contribution in [1.82, 2.24) is 10.6 Å². The van der Waals surface area contributed by atoms with Crippen LogP contribution in [0.1, 0.15) is 65.2 Å². The molecule has 1 saturated heterocycles. The quantitative estimate of drug-likeness (QED) is 0.812. The van der Waals surface area contributed by atoms with Crippen LogP contribution < -0.4 is 10.6 Å². The average molecular weight is 280 g/mol. The molecule has 116 valence electrons. The second-order valence-corrected chi connectivity index (χ2v) is 7.06. The molecule has 1 heterocycles. The van der Waals surface area contributed by atoms with Gasteiger partial charge in [-0.05, 0) is 50.5 Å². The number of piperidine rings is 1. The Morgan fingerprint density at radius 2 is 1.95 bits per heavy atom. The maximum absolute atomic E-state index is 12.4. The first-order valence-electron chi connectivity index (χ1n) is 8.70. The van der Waals surface area contributed by atoms with Crippen molar-refractivity contribution in [2.24, 2.45) is 17.8 Å². The molecule has 0 bridgehead atoms. The van der Waals surface area contributed by atoms with Gasteiger partial charge in [-0.25, -0.2) is 0 Å². The zero-order chi connectivity index (χ0) is 14.4. The first-order valence-corrected chi connectivity index (χ1v) is 8.70. The second kappa shape index (κ2) is 8.02. The van der Waals surface area contributed by atoms with E-state index in [-0.39, 0.29) is 5.92 Å². The average Bonchev–Trinajstić information content (AvgIpc) is 2.45. The van der Waals surface area contributed by atoms with E-state index in [4.69, 9.17) is 0 Å². The SMILES string of the molecule is CCCCC1CCC(C(=O)NC2CNCC(C)C2)CC1. The normalized spacial score (nSPS) is 34.7. The molecule has 0 spiro atoms. The van der Waals surface area contributed by atoms with Gasteiger partial charge in [0.1, 0.15) is 0 Å². The monoisotopic (exact) mass is 280 g/mol. The van der Waals surface area contributed by atoms with E-state index in [1.165, 1.54) is 32.1 Å². The summed E-state index contributed by atoms with van der Waals surface area (Å²) in [6, 6.07) is 0.351. The Labute approximate surface area is 124 Å². The van der Waals surface area contributed by atoms with E-state index in [0.717, 1.165) is 38.3 Å². The molecule has 3 heteroatoms. The third kappa shape index (κ3) is 4.76. The van der Waals surface area contributed by atoms with Crippen molar-refractivity contribution in [2.75, 3.05) is 13.1 Å². The summed E-state index contributed by atoms with van der Waals surface area (Å²) in [6.45, 7) is 6.55. The van der Waals surface area contributed by atoms with E-state index in [0.29, 0.717) is 17.9 Å². The van der Waals surface area contributed by atoms with Gasteiger partial charge in [0.05, 0.1) is 0 Å². The maximum atomic E-state index is 12.4. The molecule has 2 aliphatic rings. The molecule has 1 amide bonds. The van der Waals surface area contributed by atoms with Gasteiger partial charge in [-0.15, -0.1) is 0 Å². The summed E-state index contributed by atoms with van der Waals surface area (Å²) < 4.78 is 0. The highest BCUT2D eigenvalue weighted by molar-refractivity contribution is 5.79. The van der Waals surface area contributed by atoms with Gasteiger partial charge < -0.3 is 10.6 Å².